The number of benzene rings is 5. The van der Waals surface area contributed by atoms with E-state index in [1.807, 2.05) is 6.07 Å². The number of aryl methyl sites for hydroxylation is 8. The van der Waals surface area contributed by atoms with Crippen molar-refractivity contribution in [1.82, 2.24) is 15.0 Å². The highest BCUT2D eigenvalue weighted by Gasteiger charge is 2.19. The first kappa shape index (κ1) is 23.5. The number of aromatic nitrogens is 3. The van der Waals surface area contributed by atoms with Crippen LogP contribution in [0.5, 0.6) is 0 Å². The number of hydrogen-bond acceptors (Lipinski definition) is 5. The monoisotopic (exact) mass is 857 g/mol. The summed E-state index contributed by atoms with van der Waals surface area (Å²) < 4.78 is 210. The van der Waals surface area contributed by atoms with E-state index in [2.05, 4.69) is 15.0 Å². The average Bonchev–Trinajstić information content (AvgIpc) is 0.769. The maximum Gasteiger partial charge on any atom is 0.144 e. The Hall–Kier alpha value is -7.16. The SMILES string of the molecule is [2H]c1cc2c(oc3c(-c4cc(C([2H])([2H])C(C)(C)C)c(C([2H])([2H])C([2H])([2H])c5cc(C([2H])([2H])C([2H])([2H])c6cnc(-c7ccccc7)cc6C([2H])([2H])[2H])cc(C([2H])([2H])C([2H])([2H])c6cnc(-c7ccccc7)cc6C([2H])([2H])[2H])c5)cn4)cccc32)c([2H])c1C#N. The summed E-state index contributed by atoms with van der Waals surface area (Å²) in [5.74, 6) is 0. The highest BCUT2D eigenvalue weighted by Crippen LogP contribution is 2.37. The Morgan fingerprint density at radius 1 is 0.594 bits per heavy atom. The first-order valence-electron chi connectivity index (χ1n) is 31.3. The molecule has 4 aromatic heterocycles. The summed E-state index contributed by atoms with van der Waals surface area (Å²) >= 11 is 0. The summed E-state index contributed by atoms with van der Waals surface area (Å²) in [6.07, 6.45) is -21.3. The molecular weight excluding hydrogens is 781 g/mol. The van der Waals surface area contributed by atoms with Crippen LogP contribution < -0.4 is 0 Å². The van der Waals surface area contributed by atoms with Crippen molar-refractivity contribution in [2.24, 2.45) is 5.41 Å². The van der Waals surface area contributed by atoms with E-state index in [4.69, 9.17) is 15.4 Å². The second-order valence-corrected chi connectivity index (χ2v) is 15.9. The second kappa shape index (κ2) is 18.3. The Balaban J connectivity index is 1.28. The third-order valence-corrected chi connectivity index (χ3v) is 10.1. The molecule has 9 rings (SSSR count). The van der Waals surface area contributed by atoms with Crippen LogP contribution in [0.4, 0.5) is 0 Å². The van der Waals surface area contributed by atoms with Crippen LogP contribution in [-0.2, 0) is 44.6 Å². The van der Waals surface area contributed by atoms with E-state index < -0.39 is 114 Å². The van der Waals surface area contributed by atoms with Gasteiger partial charge in [0.25, 0.3) is 0 Å². The summed E-state index contributed by atoms with van der Waals surface area (Å²) in [5, 5.41) is 10.4. The van der Waals surface area contributed by atoms with Gasteiger partial charge in [-0.05, 0) is 156 Å². The fraction of sp³-hybridized carbons (Fsp3) is 0.220. The lowest BCUT2D eigenvalue weighted by Gasteiger charge is -2.21. The lowest BCUT2D eigenvalue weighted by atomic mass is 9.85. The van der Waals surface area contributed by atoms with Crippen molar-refractivity contribution in [3.63, 3.8) is 0 Å². The molecule has 0 aliphatic heterocycles. The molecular formula is C59H54N4O. The Bertz CT molecular complexity index is 4020. The Morgan fingerprint density at radius 3 is 1.69 bits per heavy atom. The van der Waals surface area contributed by atoms with E-state index in [-0.39, 0.29) is 51.5 Å². The average molecular weight is 857 g/mol. The molecule has 0 spiro atoms. The molecule has 316 valence electrons. The summed E-state index contributed by atoms with van der Waals surface area (Å²) in [6, 6.07) is 29.3. The van der Waals surface area contributed by atoms with Crippen LogP contribution in [0.25, 0.3) is 55.7 Å². The Kier molecular flexibility index (Phi) is 6.71. The fourth-order valence-corrected chi connectivity index (χ4v) is 7.05. The normalized spacial score (nSPS) is 18.7. The molecule has 0 bridgehead atoms. The van der Waals surface area contributed by atoms with Crippen molar-refractivity contribution in [1.29, 1.82) is 5.26 Å². The van der Waals surface area contributed by atoms with Crippen molar-refractivity contribution in [2.75, 3.05) is 0 Å². The van der Waals surface area contributed by atoms with Crippen LogP contribution in [-0.4, -0.2) is 15.0 Å². The number of rotatable bonds is 13. The van der Waals surface area contributed by atoms with E-state index >= 15 is 0 Å². The standard InChI is InChI=1S/C59H54N4O/c1-39-27-54(45-13-8-6-9-14-45)61-36-47(39)23-19-41-29-42(20-24-48-37-62-55(28-40(48)2)46-15-10-7-11-16-46)31-43(30-41)21-25-49-38-63-56(33-50(49)34-59(3,4)5)53-18-12-17-52-51-26-22-44(35-60)32-57(51)64-58(52)53/h6-18,22,26-33,36-38H,19-21,23-25,34H2,1-5H3/i1D3,2D3,19D2,20D2,21D2,22D,23D2,24D2,25D2,32D,34D2. The molecule has 0 saturated carbocycles. The van der Waals surface area contributed by atoms with E-state index in [1.165, 1.54) is 32.9 Å². The van der Waals surface area contributed by atoms with E-state index in [0.29, 0.717) is 40.1 Å². The molecule has 64 heavy (non-hydrogen) atoms. The molecule has 5 nitrogen and oxygen atoms in total. The van der Waals surface area contributed by atoms with Gasteiger partial charge in [0.15, 0.2) is 0 Å². The van der Waals surface area contributed by atoms with Crippen molar-refractivity contribution < 1.29 is 34.6 Å². The molecule has 0 unspecified atom stereocenters. The molecule has 5 aromatic carbocycles. The molecule has 0 atom stereocenters. The molecule has 0 radical (unpaired) electrons. The van der Waals surface area contributed by atoms with Gasteiger partial charge in [-0.15, -0.1) is 0 Å². The minimum Gasteiger partial charge on any atom is -0.455 e. The Labute approximate surface area is 408 Å². The molecule has 5 heteroatoms. The smallest absolute Gasteiger partial charge is 0.144 e. The van der Waals surface area contributed by atoms with Gasteiger partial charge in [-0.2, -0.15) is 5.26 Å². The largest absolute Gasteiger partial charge is 0.455 e. The van der Waals surface area contributed by atoms with Gasteiger partial charge in [-0.1, -0.05) is 112 Å². The van der Waals surface area contributed by atoms with E-state index in [0.717, 1.165) is 30.7 Å². The predicted octanol–water partition coefficient (Wildman–Crippen LogP) is 14.2. The van der Waals surface area contributed by atoms with Crippen LogP contribution in [0.2, 0.25) is 0 Å². The van der Waals surface area contributed by atoms with Crippen LogP contribution >= 0.6 is 0 Å². The number of fused-ring (bicyclic) bond motifs is 3. The van der Waals surface area contributed by atoms with Crippen molar-refractivity contribution >= 4 is 21.9 Å². The van der Waals surface area contributed by atoms with Gasteiger partial charge in [0.1, 0.15) is 11.2 Å². The third kappa shape index (κ3) is 9.58. The third-order valence-electron chi connectivity index (χ3n) is 10.1. The van der Waals surface area contributed by atoms with Crippen LogP contribution in [0, 0.1) is 30.4 Å². The number of hydrogen-bond donors (Lipinski definition) is 0. The zero-order valence-electron chi connectivity index (χ0n) is 57.0. The summed E-state index contributed by atoms with van der Waals surface area (Å²) in [4.78, 5) is 13.2. The van der Waals surface area contributed by atoms with Gasteiger partial charge >= 0.3 is 0 Å². The number of furan rings is 1. The summed E-state index contributed by atoms with van der Waals surface area (Å²) in [6.45, 7) is -1.72. The fourth-order valence-electron chi connectivity index (χ4n) is 7.05. The Morgan fingerprint density at radius 2 is 1.14 bits per heavy atom. The maximum absolute atomic E-state index is 9.88. The number of nitriles is 1. The van der Waals surface area contributed by atoms with E-state index in [9.17, 15) is 24.5 Å². The minimum atomic E-state index is -3.60. The highest BCUT2D eigenvalue weighted by atomic mass is 16.3. The topological polar surface area (TPSA) is 75.6 Å². The molecule has 4 heterocycles. The molecule has 0 aliphatic rings. The highest BCUT2D eigenvalue weighted by molar-refractivity contribution is 6.09. The number of nitrogens with zero attached hydrogens (tertiary/aromatic N) is 4. The molecule has 0 fully saturated rings. The molecule has 0 N–H and O–H groups in total. The second-order valence-electron chi connectivity index (χ2n) is 15.9. The van der Waals surface area contributed by atoms with Gasteiger partial charge in [0, 0.05) is 73.5 Å². The van der Waals surface area contributed by atoms with Gasteiger partial charge in [0.2, 0.25) is 0 Å². The summed E-state index contributed by atoms with van der Waals surface area (Å²) in [5.41, 5.74) is -7.39. The zero-order valence-corrected chi connectivity index (χ0v) is 35.0. The first-order chi connectivity index (χ1) is 39.6. The van der Waals surface area contributed by atoms with Gasteiger partial charge in [0.05, 0.1) is 31.5 Å². The van der Waals surface area contributed by atoms with Gasteiger partial charge in [-0.3, -0.25) is 15.0 Å². The van der Waals surface area contributed by atoms with Crippen molar-refractivity contribution in [3.05, 3.63) is 208 Å². The van der Waals surface area contributed by atoms with Crippen molar-refractivity contribution in [2.45, 2.75) is 79.1 Å². The van der Waals surface area contributed by atoms with Gasteiger partial charge < -0.3 is 4.42 Å². The van der Waals surface area contributed by atoms with Crippen LogP contribution in [0.1, 0.15) is 107 Å². The number of para-hydroxylation sites is 1. The lowest BCUT2D eigenvalue weighted by Crippen LogP contribution is -2.12. The molecule has 0 saturated heterocycles. The van der Waals surface area contributed by atoms with Crippen LogP contribution in [0.15, 0.2) is 156 Å². The molecule has 0 amide bonds. The van der Waals surface area contributed by atoms with Gasteiger partial charge in [-0.25, -0.2) is 0 Å². The number of pyridine rings is 3. The predicted molar refractivity (Wildman–Crippen MR) is 262 cm³/mol. The maximum atomic E-state index is 9.88. The van der Waals surface area contributed by atoms with E-state index in [1.54, 1.807) is 78.9 Å². The minimum absolute atomic E-state index is 0.0309. The zero-order chi connectivity index (χ0) is 63.5. The lowest BCUT2D eigenvalue weighted by molar-refractivity contribution is 0.409. The molecule has 0 aliphatic carbocycles. The van der Waals surface area contributed by atoms with Crippen molar-refractivity contribution in [3.8, 4) is 39.8 Å². The molecule has 9 aromatic rings. The van der Waals surface area contributed by atoms with Crippen LogP contribution in [0.3, 0.4) is 0 Å². The quantitative estimate of drug-likeness (QED) is 0.115. The first-order valence-corrected chi connectivity index (χ1v) is 20.3. The summed E-state index contributed by atoms with van der Waals surface area (Å²) in [7, 11) is 0.